The first-order valence-corrected chi connectivity index (χ1v) is 1.84. The Morgan fingerprint density at radius 1 is 1.22 bits per heavy atom. The molecule has 0 fully saturated rings. The molecule has 3 nitrogen and oxygen atoms in total. The summed E-state index contributed by atoms with van der Waals surface area (Å²) < 4.78 is 35.1. The van der Waals surface area contributed by atoms with Gasteiger partial charge in [0, 0.05) is 5.16 Å². The minimum Gasteiger partial charge on any atom is -0.232 e. The van der Waals surface area contributed by atoms with E-state index in [1.807, 2.05) is 0 Å². The number of hydrogen-bond donors (Lipinski definition) is 0. The van der Waals surface area contributed by atoms with Crippen LogP contribution in [0, 0.1) is 0 Å². The van der Waals surface area contributed by atoms with E-state index in [4.69, 9.17) is 0 Å². The Bertz CT molecular complexity index is 187. The lowest BCUT2D eigenvalue weighted by Gasteiger charge is -2.01. The van der Waals surface area contributed by atoms with E-state index in [1.165, 1.54) is 0 Å². The second-order valence-electron chi connectivity index (χ2n) is 1.13. The third kappa shape index (κ3) is 0.956. The molecule has 0 saturated carbocycles. The Morgan fingerprint density at radius 2 is 1.89 bits per heavy atom. The lowest BCUT2D eigenvalue weighted by Crippen LogP contribution is -2.02. The topological polar surface area (TPSA) is 30.8 Å². The second kappa shape index (κ2) is 1.96. The van der Waals surface area contributed by atoms with E-state index in [0.717, 1.165) is 0 Å². The van der Waals surface area contributed by atoms with Crippen LogP contribution in [0.2, 0.25) is 0 Å². The largest absolute Gasteiger partial charge is 0.367 e. The molecule has 0 atom stereocenters. The Hall–Kier alpha value is -1.20. The van der Waals surface area contributed by atoms with Crippen LogP contribution >= 0.6 is 0 Å². The van der Waals surface area contributed by atoms with E-state index < -0.39 is 17.8 Å². The van der Waals surface area contributed by atoms with Gasteiger partial charge in [-0.3, -0.25) is 0 Å². The number of rotatable bonds is 0. The third-order valence-electron chi connectivity index (χ3n) is 0.582. The van der Waals surface area contributed by atoms with Crippen molar-refractivity contribution in [2.24, 2.45) is 5.16 Å². The van der Waals surface area contributed by atoms with E-state index in [1.54, 1.807) is 0 Å². The fraction of sp³-hybridized carbons (Fsp3) is 0. The van der Waals surface area contributed by atoms with Crippen molar-refractivity contribution >= 4 is 5.97 Å². The first-order chi connectivity index (χ1) is 4.22. The highest BCUT2D eigenvalue weighted by molar-refractivity contribution is 5.90. The maximum Gasteiger partial charge on any atom is 0.367 e. The highest BCUT2D eigenvalue weighted by Gasteiger charge is 2.21. The first-order valence-electron chi connectivity index (χ1n) is 1.84. The monoisotopic (exact) mass is 139 g/mol. The van der Waals surface area contributed by atoms with Gasteiger partial charge in [0.15, 0.2) is 0 Å². The maximum atomic E-state index is 11.8. The van der Waals surface area contributed by atoms with Crippen molar-refractivity contribution in [3.8, 4) is 0 Å². The molecule has 0 aliphatic carbocycles. The molecule has 0 radical (unpaired) electrons. The van der Waals surface area contributed by atoms with Crippen LogP contribution in [-0.2, 0) is 9.88 Å². The lowest BCUT2D eigenvalue weighted by molar-refractivity contribution is -0.284. The van der Waals surface area contributed by atoms with Gasteiger partial charge in [0.05, 0.1) is 0 Å². The summed E-state index contributed by atoms with van der Waals surface area (Å²) in [5.74, 6) is -3.46. The molecule has 0 N–H and O–H groups in total. The molecular formula is C3F3NO2. The predicted molar refractivity (Wildman–Crippen MR) is 20.0 cm³/mol. The molecule has 0 spiro atoms. The molecule has 1 aliphatic heterocycles. The van der Waals surface area contributed by atoms with Crippen molar-refractivity contribution in [3.63, 3.8) is 0 Å². The van der Waals surface area contributed by atoms with Gasteiger partial charge in [-0.25, -0.2) is 4.89 Å². The lowest BCUT2D eigenvalue weighted by atomic mass is 10.6. The molecule has 6 heteroatoms. The molecule has 1 rings (SSSR count). The van der Waals surface area contributed by atoms with Crippen molar-refractivity contribution in [2.45, 2.75) is 0 Å². The molecule has 9 heavy (non-hydrogen) atoms. The van der Waals surface area contributed by atoms with E-state index in [0.29, 0.717) is 0 Å². The number of nitrogens with zero attached hydrogens (tertiary/aromatic N) is 1. The highest BCUT2D eigenvalue weighted by Crippen LogP contribution is 2.17. The molecule has 0 bridgehead atoms. The van der Waals surface area contributed by atoms with Crippen LogP contribution in [0.25, 0.3) is 0 Å². The Kier molecular flexibility index (Phi) is 1.29. The van der Waals surface area contributed by atoms with Gasteiger partial charge in [-0.05, 0) is 0 Å². The SMILES string of the molecule is FC1=NOOC(F)=C1F. The van der Waals surface area contributed by atoms with E-state index in [-0.39, 0.29) is 0 Å². The number of halogens is 3. The van der Waals surface area contributed by atoms with Gasteiger partial charge >= 0.3 is 6.01 Å². The number of allylic oxidation sites excluding steroid dienone is 1. The summed E-state index contributed by atoms with van der Waals surface area (Å²) in [5.41, 5.74) is 0. The van der Waals surface area contributed by atoms with Crippen LogP contribution in [0.4, 0.5) is 13.2 Å². The molecule has 50 valence electrons. The zero-order chi connectivity index (χ0) is 6.85. The first kappa shape index (κ1) is 5.93. The van der Waals surface area contributed by atoms with Gasteiger partial charge < -0.3 is 0 Å². The molecule has 1 aliphatic rings. The van der Waals surface area contributed by atoms with Gasteiger partial charge in [0.2, 0.25) is 0 Å². The van der Waals surface area contributed by atoms with Gasteiger partial charge in [0.25, 0.3) is 11.8 Å². The molecule has 0 amide bonds. The van der Waals surface area contributed by atoms with Crippen LogP contribution in [0.3, 0.4) is 0 Å². The maximum absolute atomic E-state index is 11.8. The average Bonchev–Trinajstić information content (AvgIpc) is 1.83. The van der Waals surface area contributed by atoms with Crippen molar-refractivity contribution in [1.82, 2.24) is 0 Å². The van der Waals surface area contributed by atoms with Gasteiger partial charge in [-0.1, -0.05) is 0 Å². The molecule has 0 aromatic rings. The second-order valence-corrected chi connectivity index (χ2v) is 1.13. The number of hydrogen-bond acceptors (Lipinski definition) is 3. The Balaban J connectivity index is 2.88. The minimum absolute atomic E-state index is 1.67. The molecule has 0 aromatic carbocycles. The summed E-state index contributed by atoms with van der Waals surface area (Å²) in [5, 5.41) is 2.32. The third-order valence-corrected chi connectivity index (χ3v) is 0.582. The Labute approximate surface area is 47.3 Å². The summed E-state index contributed by atoms with van der Waals surface area (Å²) in [6.07, 6.45) is 0. The fourth-order valence-electron chi connectivity index (χ4n) is 0.242. The standard InChI is InChI=1S/C3F3NO2/c4-1-2(5)7-9-8-3(1)6. The van der Waals surface area contributed by atoms with Crippen LogP contribution in [-0.4, -0.2) is 5.97 Å². The molecular weight excluding hydrogens is 139 g/mol. The zero-order valence-corrected chi connectivity index (χ0v) is 3.90. The summed E-state index contributed by atoms with van der Waals surface area (Å²) in [4.78, 5) is 6.78. The van der Waals surface area contributed by atoms with Crippen molar-refractivity contribution in [3.05, 3.63) is 11.8 Å². The molecule has 0 unspecified atom stereocenters. The fourth-order valence-corrected chi connectivity index (χ4v) is 0.242. The normalized spacial score (nSPS) is 18.3. The highest BCUT2D eigenvalue weighted by atomic mass is 19.2. The van der Waals surface area contributed by atoms with E-state index in [9.17, 15) is 13.2 Å². The molecule has 0 saturated heterocycles. The van der Waals surface area contributed by atoms with E-state index in [2.05, 4.69) is 15.0 Å². The molecule has 0 aromatic heterocycles. The summed E-state index contributed by atoms with van der Waals surface area (Å²) in [6, 6.07) is -1.76. The zero-order valence-electron chi connectivity index (χ0n) is 3.90. The minimum atomic E-state index is -1.79. The van der Waals surface area contributed by atoms with Crippen LogP contribution in [0.1, 0.15) is 0 Å². The molecule has 1 heterocycles. The van der Waals surface area contributed by atoms with E-state index >= 15 is 0 Å². The summed E-state index contributed by atoms with van der Waals surface area (Å²) in [6.45, 7) is 0. The Morgan fingerprint density at radius 3 is 2.33 bits per heavy atom. The van der Waals surface area contributed by atoms with Crippen molar-refractivity contribution in [2.75, 3.05) is 0 Å². The summed E-state index contributed by atoms with van der Waals surface area (Å²) in [7, 11) is 0. The van der Waals surface area contributed by atoms with Crippen molar-refractivity contribution in [1.29, 1.82) is 0 Å². The number of oxime groups is 1. The van der Waals surface area contributed by atoms with Gasteiger partial charge in [0.1, 0.15) is 0 Å². The van der Waals surface area contributed by atoms with Gasteiger partial charge in [-0.2, -0.15) is 18.2 Å². The van der Waals surface area contributed by atoms with Gasteiger partial charge in [-0.15, -0.1) is 0 Å². The summed E-state index contributed by atoms with van der Waals surface area (Å²) >= 11 is 0. The van der Waals surface area contributed by atoms with Crippen LogP contribution in [0.15, 0.2) is 17.0 Å². The van der Waals surface area contributed by atoms with Crippen molar-refractivity contribution < 1.29 is 23.0 Å². The van der Waals surface area contributed by atoms with Crippen LogP contribution in [0.5, 0.6) is 0 Å². The predicted octanol–water partition coefficient (Wildman–Crippen LogP) is 1.34. The smallest absolute Gasteiger partial charge is 0.232 e. The average molecular weight is 139 g/mol. The van der Waals surface area contributed by atoms with Crippen LogP contribution < -0.4 is 0 Å². The quantitative estimate of drug-likeness (QED) is 0.474.